The Morgan fingerprint density at radius 2 is 1.79 bits per heavy atom. The van der Waals surface area contributed by atoms with Crippen molar-refractivity contribution >= 4 is 40.7 Å². The molecule has 0 aliphatic carbocycles. The topological polar surface area (TPSA) is 53.0 Å². The van der Waals surface area contributed by atoms with Gasteiger partial charge in [-0.1, -0.05) is 35.3 Å². The number of fused-ring (bicyclic) bond motifs is 1. The first-order valence-electron chi connectivity index (χ1n) is 10.9. The second-order valence-electron chi connectivity index (χ2n) is 8.26. The predicted octanol–water partition coefficient (Wildman–Crippen LogP) is 5.78. The highest BCUT2D eigenvalue weighted by molar-refractivity contribution is 6.32. The maximum atomic E-state index is 14.2. The van der Waals surface area contributed by atoms with Crippen LogP contribution in [0.3, 0.4) is 0 Å². The van der Waals surface area contributed by atoms with E-state index in [-0.39, 0.29) is 27.9 Å². The SMILES string of the molecule is O=C1/C(=C/c2c(F)cccc2Cl)Oc2c1ccc(O)c2CN1CCN(c2cccc(Cl)c2)CC1. The maximum Gasteiger partial charge on any atom is 0.231 e. The summed E-state index contributed by atoms with van der Waals surface area (Å²) >= 11 is 12.2. The standard InChI is InChI=1S/C26H21Cl2FN2O3/c27-16-3-1-4-17(13-16)31-11-9-30(10-12-31)15-20-23(32)8-7-18-25(33)24(34-26(18)20)14-19-21(28)5-2-6-22(19)29/h1-8,13-14,32H,9-12,15H2/b24-14-. The highest BCUT2D eigenvalue weighted by atomic mass is 35.5. The molecule has 5 rings (SSSR count). The van der Waals surface area contributed by atoms with Crippen molar-refractivity contribution in [1.29, 1.82) is 0 Å². The van der Waals surface area contributed by atoms with Crippen LogP contribution in [-0.2, 0) is 6.54 Å². The second kappa shape index (κ2) is 9.29. The summed E-state index contributed by atoms with van der Waals surface area (Å²) in [5.74, 6) is -0.594. The van der Waals surface area contributed by atoms with Gasteiger partial charge in [0.15, 0.2) is 5.76 Å². The Hall–Kier alpha value is -3.06. The van der Waals surface area contributed by atoms with Crippen LogP contribution in [-0.4, -0.2) is 42.0 Å². The first kappa shape index (κ1) is 22.7. The molecule has 174 valence electrons. The number of carbonyl (C=O) groups is 1. The quantitative estimate of drug-likeness (QED) is 0.462. The molecular formula is C26H21Cl2FN2O3. The smallest absolute Gasteiger partial charge is 0.231 e. The number of carbonyl (C=O) groups excluding carboxylic acids is 1. The van der Waals surface area contributed by atoms with Crippen LogP contribution in [0.25, 0.3) is 6.08 Å². The van der Waals surface area contributed by atoms with Gasteiger partial charge in [0.05, 0.1) is 16.1 Å². The van der Waals surface area contributed by atoms with Crippen molar-refractivity contribution in [1.82, 2.24) is 4.90 Å². The fourth-order valence-electron chi connectivity index (χ4n) is 4.29. The van der Waals surface area contributed by atoms with Crippen molar-refractivity contribution in [3.63, 3.8) is 0 Å². The molecule has 2 heterocycles. The molecule has 1 fully saturated rings. The van der Waals surface area contributed by atoms with E-state index in [9.17, 15) is 14.3 Å². The van der Waals surface area contributed by atoms with E-state index in [1.807, 2.05) is 24.3 Å². The molecule has 0 unspecified atom stereocenters. The number of Topliss-reactive ketones (excluding diaryl/α,β-unsaturated/α-hetero) is 1. The van der Waals surface area contributed by atoms with E-state index in [0.29, 0.717) is 28.4 Å². The zero-order valence-corrected chi connectivity index (χ0v) is 19.6. The van der Waals surface area contributed by atoms with Crippen molar-refractivity contribution in [3.05, 3.63) is 92.9 Å². The molecule has 0 bridgehead atoms. The van der Waals surface area contributed by atoms with Crippen molar-refractivity contribution in [2.45, 2.75) is 6.54 Å². The number of halogens is 3. The lowest BCUT2D eigenvalue weighted by atomic mass is 10.0. The van der Waals surface area contributed by atoms with E-state index in [4.69, 9.17) is 27.9 Å². The fraction of sp³-hybridized carbons (Fsp3) is 0.192. The number of piperazine rings is 1. The van der Waals surface area contributed by atoms with Crippen LogP contribution in [0.4, 0.5) is 10.1 Å². The first-order chi connectivity index (χ1) is 16.4. The molecular weight excluding hydrogens is 478 g/mol. The number of aromatic hydroxyl groups is 1. The lowest BCUT2D eigenvalue weighted by molar-refractivity contribution is 0.101. The number of phenols is 1. The van der Waals surface area contributed by atoms with E-state index in [1.165, 1.54) is 30.3 Å². The number of benzene rings is 3. The largest absolute Gasteiger partial charge is 0.507 e. The van der Waals surface area contributed by atoms with Crippen molar-refractivity contribution in [3.8, 4) is 11.5 Å². The predicted molar refractivity (Wildman–Crippen MR) is 131 cm³/mol. The first-order valence-corrected chi connectivity index (χ1v) is 11.6. The number of ether oxygens (including phenoxy) is 1. The summed E-state index contributed by atoms with van der Waals surface area (Å²) in [5, 5.41) is 11.5. The maximum absolute atomic E-state index is 14.2. The van der Waals surface area contributed by atoms with Crippen LogP contribution in [0.15, 0.2) is 60.4 Å². The summed E-state index contributed by atoms with van der Waals surface area (Å²) in [6, 6.07) is 15.1. The number of ketones is 1. The summed E-state index contributed by atoms with van der Waals surface area (Å²) in [7, 11) is 0. The van der Waals surface area contributed by atoms with E-state index < -0.39 is 5.82 Å². The van der Waals surface area contributed by atoms with E-state index in [1.54, 1.807) is 6.07 Å². The molecule has 0 saturated carbocycles. The van der Waals surface area contributed by atoms with Gasteiger partial charge in [0.2, 0.25) is 5.78 Å². The zero-order chi connectivity index (χ0) is 23.8. The lowest BCUT2D eigenvalue weighted by Crippen LogP contribution is -2.46. The van der Waals surface area contributed by atoms with Crippen molar-refractivity contribution in [2.75, 3.05) is 31.1 Å². The van der Waals surface area contributed by atoms with Gasteiger partial charge in [-0.15, -0.1) is 0 Å². The van der Waals surface area contributed by atoms with Crippen molar-refractivity contribution in [2.24, 2.45) is 0 Å². The number of anilines is 1. The van der Waals surface area contributed by atoms with Gasteiger partial charge in [0.1, 0.15) is 17.3 Å². The van der Waals surface area contributed by atoms with Crippen molar-refractivity contribution < 1.29 is 19.0 Å². The summed E-state index contributed by atoms with van der Waals surface area (Å²) in [4.78, 5) is 17.4. The Bertz CT molecular complexity index is 1280. The van der Waals surface area contributed by atoms with Gasteiger partial charge in [0, 0.05) is 49.0 Å². The number of nitrogens with zero attached hydrogens (tertiary/aromatic N) is 2. The monoisotopic (exact) mass is 498 g/mol. The lowest BCUT2D eigenvalue weighted by Gasteiger charge is -2.36. The molecule has 1 N–H and O–H groups in total. The third-order valence-corrected chi connectivity index (χ3v) is 6.68. The summed E-state index contributed by atoms with van der Waals surface area (Å²) in [6.45, 7) is 3.54. The summed E-state index contributed by atoms with van der Waals surface area (Å²) in [5.41, 5.74) is 2.03. The number of rotatable bonds is 4. The molecule has 0 spiro atoms. The molecule has 5 nitrogen and oxygen atoms in total. The minimum atomic E-state index is -0.548. The number of phenolic OH excluding ortho intramolecular Hbond substituents is 1. The van der Waals surface area contributed by atoms with Gasteiger partial charge in [-0.3, -0.25) is 9.69 Å². The number of hydrogen-bond donors (Lipinski definition) is 1. The minimum absolute atomic E-state index is 0.0281. The molecule has 0 radical (unpaired) electrons. The Labute approximate surface area is 206 Å². The van der Waals surface area contributed by atoms with Gasteiger partial charge in [-0.2, -0.15) is 0 Å². The third-order valence-electron chi connectivity index (χ3n) is 6.12. The number of hydrogen-bond acceptors (Lipinski definition) is 5. The van der Waals surface area contributed by atoms with Gasteiger partial charge in [0.25, 0.3) is 0 Å². The van der Waals surface area contributed by atoms with Crippen LogP contribution >= 0.6 is 23.2 Å². The summed E-state index contributed by atoms with van der Waals surface area (Å²) < 4.78 is 20.1. The van der Waals surface area contributed by atoms with Crippen LogP contribution < -0.4 is 9.64 Å². The molecule has 3 aromatic carbocycles. The average molecular weight is 499 g/mol. The molecule has 3 aromatic rings. The van der Waals surface area contributed by atoms with Gasteiger partial charge < -0.3 is 14.7 Å². The highest BCUT2D eigenvalue weighted by Crippen LogP contribution is 2.40. The minimum Gasteiger partial charge on any atom is -0.507 e. The average Bonchev–Trinajstić information content (AvgIpc) is 3.14. The van der Waals surface area contributed by atoms with Crippen LogP contribution in [0.1, 0.15) is 21.5 Å². The van der Waals surface area contributed by atoms with Gasteiger partial charge in [-0.05, 0) is 48.5 Å². The Morgan fingerprint density at radius 3 is 2.53 bits per heavy atom. The highest BCUT2D eigenvalue weighted by Gasteiger charge is 2.32. The molecule has 0 amide bonds. The molecule has 1 saturated heterocycles. The summed E-state index contributed by atoms with van der Waals surface area (Å²) in [6.07, 6.45) is 1.31. The normalized spacial score (nSPS) is 17.2. The molecule has 2 aliphatic rings. The van der Waals surface area contributed by atoms with Gasteiger partial charge in [-0.25, -0.2) is 4.39 Å². The Morgan fingerprint density at radius 1 is 1.03 bits per heavy atom. The molecule has 0 aromatic heterocycles. The molecule has 0 atom stereocenters. The Kier molecular flexibility index (Phi) is 6.21. The Balaban J connectivity index is 1.35. The van der Waals surface area contributed by atoms with E-state index in [0.717, 1.165) is 31.9 Å². The van der Waals surface area contributed by atoms with Gasteiger partial charge >= 0.3 is 0 Å². The van der Waals surface area contributed by atoms with E-state index >= 15 is 0 Å². The van der Waals surface area contributed by atoms with E-state index in [2.05, 4.69) is 9.80 Å². The third kappa shape index (κ3) is 4.37. The molecule has 2 aliphatic heterocycles. The van der Waals surface area contributed by atoms with Crippen LogP contribution in [0, 0.1) is 5.82 Å². The fourth-order valence-corrected chi connectivity index (χ4v) is 4.69. The zero-order valence-electron chi connectivity index (χ0n) is 18.1. The second-order valence-corrected chi connectivity index (χ2v) is 9.10. The number of allylic oxidation sites excluding steroid dienone is 1. The molecule has 34 heavy (non-hydrogen) atoms. The molecule has 8 heteroatoms. The van der Waals surface area contributed by atoms with Crippen LogP contribution in [0.2, 0.25) is 10.0 Å². The van der Waals surface area contributed by atoms with Crippen LogP contribution in [0.5, 0.6) is 11.5 Å².